The monoisotopic (exact) mass is 149 g/mol. The maximum Gasteiger partial charge on any atom is 0.188 e. The molecule has 0 unspecified atom stereocenters. The summed E-state index contributed by atoms with van der Waals surface area (Å²) in [5.74, 6) is 0. The first-order valence-corrected chi connectivity index (χ1v) is 2.36. The Morgan fingerprint density at radius 1 is 1.44 bits per heavy atom. The van der Waals surface area contributed by atoms with Crippen molar-refractivity contribution in [3.8, 4) is 0 Å². The summed E-state index contributed by atoms with van der Waals surface area (Å²) in [4.78, 5) is 3.78. The number of rotatable bonds is 0. The third kappa shape index (κ3) is 4.00. The summed E-state index contributed by atoms with van der Waals surface area (Å²) >= 11 is 0. The van der Waals surface area contributed by atoms with Crippen LogP contribution in [0.1, 0.15) is 0 Å². The Morgan fingerprint density at radius 3 is 3.22 bits per heavy atom. The highest BCUT2D eigenvalue weighted by molar-refractivity contribution is 5.85. The minimum Gasteiger partial charge on any atom is -0.474 e. The molecule has 9 heavy (non-hydrogen) atoms. The van der Waals surface area contributed by atoms with Gasteiger partial charge < -0.3 is 9.47 Å². The molecule has 0 bridgehead atoms. The zero-order valence-corrected chi connectivity index (χ0v) is 5.63. The van der Waals surface area contributed by atoms with Crippen LogP contribution in [0.25, 0.3) is 0 Å². The van der Waals surface area contributed by atoms with Crippen molar-refractivity contribution in [2.45, 2.75) is 0 Å². The summed E-state index contributed by atoms with van der Waals surface area (Å²) < 4.78 is 9.61. The molecule has 0 saturated carbocycles. The largest absolute Gasteiger partial charge is 0.474 e. The average molecular weight is 150 g/mol. The van der Waals surface area contributed by atoms with Gasteiger partial charge in [0.2, 0.25) is 0 Å². The lowest BCUT2D eigenvalue weighted by atomic mass is 10.8. The normalized spacial score (nSPS) is 16.9. The molecule has 0 radical (unpaired) electrons. The average Bonchev–Trinajstić information content (AvgIpc) is 1.62. The molecular weight excluding hydrogens is 142 g/mol. The first kappa shape index (κ1) is 8.46. The van der Waals surface area contributed by atoms with E-state index in [-0.39, 0.29) is 12.4 Å². The molecule has 52 valence electrons. The summed E-state index contributed by atoms with van der Waals surface area (Å²) in [7, 11) is 0. The molecule has 0 fully saturated rings. The Labute approximate surface area is 59.8 Å². The van der Waals surface area contributed by atoms with Crippen LogP contribution >= 0.6 is 12.4 Å². The molecule has 1 heterocycles. The molecule has 0 amide bonds. The number of aliphatic imine (C=N–C) groups is 1. The van der Waals surface area contributed by atoms with Gasteiger partial charge in [0.1, 0.15) is 6.26 Å². The van der Waals surface area contributed by atoms with Gasteiger partial charge in [-0.2, -0.15) is 0 Å². The van der Waals surface area contributed by atoms with E-state index in [2.05, 4.69) is 4.99 Å². The maximum atomic E-state index is 4.85. The van der Waals surface area contributed by atoms with E-state index in [9.17, 15) is 0 Å². The summed E-state index contributed by atoms with van der Waals surface area (Å²) in [5.41, 5.74) is 0. The van der Waals surface area contributed by atoms with Crippen LogP contribution in [0, 0.1) is 0 Å². The summed E-state index contributed by atoms with van der Waals surface area (Å²) in [6, 6.07) is 0. The SMILES string of the molecule is C1=COCOCC=N1.Cl. The molecule has 0 saturated heterocycles. The van der Waals surface area contributed by atoms with Crippen LogP contribution in [0.5, 0.6) is 0 Å². The second kappa shape index (κ2) is 5.59. The first-order valence-electron chi connectivity index (χ1n) is 2.36. The predicted octanol–water partition coefficient (Wildman–Crippen LogP) is 0.954. The number of hydrogen-bond donors (Lipinski definition) is 0. The van der Waals surface area contributed by atoms with Gasteiger partial charge >= 0.3 is 0 Å². The Balaban J connectivity index is 0.000000640. The lowest BCUT2D eigenvalue weighted by Crippen LogP contribution is -1.99. The van der Waals surface area contributed by atoms with Crippen molar-refractivity contribution in [2.24, 2.45) is 4.99 Å². The highest BCUT2D eigenvalue weighted by atomic mass is 35.5. The van der Waals surface area contributed by atoms with E-state index in [4.69, 9.17) is 9.47 Å². The molecule has 0 aromatic rings. The van der Waals surface area contributed by atoms with Gasteiger partial charge in [0.15, 0.2) is 6.79 Å². The molecule has 4 heteroatoms. The van der Waals surface area contributed by atoms with Crippen LogP contribution in [0.4, 0.5) is 0 Å². The van der Waals surface area contributed by atoms with Crippen LogP contribution in [0.3, 0.4) is 0 Å². The molecule has 0 spiro atoms. The van der Waals surface area contributed by atoms with E-state index < -0.39 is 0 Å². The second-order valence-electron chi connectivity index (χ2n) is 1.27. The molecule has 0 aliphatic carbocycles. The van der Waals surface area contributed by atoms with Gasteiger partial charge in [-0.15, -0.1) is 12.4 Å². The molecule has 0 atom stereocenters. The summed E-state index contributed by atoms with van der Waals surface area (Å²) in [5, 5.41) is 0. The van der Waals surface area contributed by atoms with E-state index in [1.165, 1.54) is 6.26 Å². The zero-order valence-electron chi connectivity index (χ0n) is 4.82. The van der Waals surface area contributed by atoms with Gasteiger partial charge in [0, 0.05) is 6.21 Å². The van der Waals surface area contributed by atoms with Crippen LogP contribution < -0.4 is 0 Å². The van der Waals surface area contributed by atoms with Gasteiger partial charge in [-0.1, -0.05) is 0 Å². The van der Waals surface area contributed by atoms with E-state index in [0.29, 0.717) is 13.4 Å². The Bertz CT molecular complexity index is 99.5. The second-order valence-corrected chi connectivity index (χ2v) is 1.27. The van der Waals surface area contributed by atoms with Gasteiger partial charge in [0.05, 0.1) is 12.8 Å². The van der Waals surface area contributed by atoms with Crippen molar-refractivity contribution in [1.29, 1.82) is 0 Å². The molecule has 0 aromatic carbocycles. The number of ether oxygens (including phenoxy) is 2. The van der Waals surface area contributed by atoms with E-state index >= 15 is 0 Å². The third-order valence-electron chi connectivity index (χ3n) is 0.692. The van der Waals surface area contributed by atoms with Crippen LogP contribution in [0.15, 0.2) is 17.5 Å². The number of halogens is 1. The lowest BCUT2D eigenvalue weighted by molar-refractivity contribution is 0.00649. The molecule has 1 aliphatic rings. The van der Waals surface area contributed by atoms with Crippen molar-refractivity contribution in [2.75, 3.05) is 13.4 Å². The van der Waals surface area contributed by atoms with E-state index in [0.717, 1.165) is 0 Å². The van der Waals surface area contributed by atoms with Gasteiger partial charge in [-0.25, -0.2) is 0 Å². The zero-order chi connectivity index (χ0) is 5.66. The van der Waals surface area contributed by atoms with Crippen molar-refractivity contribution in [1.82, 2.24) is 0 Å². The Kier molecular flexibility index (Phi) is 5.26. The fourth-order valence-corrected chi connectivity index (χ4v) is 0.370. The van der Waals surface area contributed by atoms with Crippen molar-refractivity contribution in [3.05, 3.63) is 12.5 Å². The fourth-order valence-electron chi connectivity index (χ4n) is 0.370. The molecule has 0 aromatic heterocycles. The first-order chi connectivity index (χ1) is 4.00. The molecule has 1 rings (SSSR count). The van der Waals surface area contributed by atoms with Crippen LogP contribution in [-0.4, -0.2) is 19.6 Å². The molecule has 0 N–H and O–H groups in total. The number of hydrogen-bond acceptors (Lipinski definition) is 3. The Morgan fingerprint density at radius 2 is 2.33 bits per heavy atom. The predicted molar refractivity (Wildman–Crippen MR) is 36.8 cm³/mol. The highest BCUT2D eigenvalue weighted by Crippen LogP contribution is 1.83. The minimum atomic E-state index is 0. The van der Waals surface area contributed by atoms with Crippen LogP contribution in [-0.2, 0) is 9.47 Å². The quantitative estimate of drug-likeness (QED) is 0.514. The molecule has 3 nitrogen and oxygen atoms in total. The standard InChI is InChI=1S/C5H7NO2.ClH/c1-3-7-5-8-4-2-6-1;/h1-3H,4-5H2;1H. The van der Waals surface area contributed by atoms with Crippen LogP contribution in [0.2, 0.25) is 0 Å². The van der Waals surface area contributed by atoms with Gasteiger partial charge in [-0.3, -0.25) is 4.99 Å². The maximum absolute atomic E-state index is 4.85. The van der Waals surface area contributed by atoms with Gasteiger partial charge in [0.25, 0.3) is 0 Å². The van der Waals surface area contributed by atoms with Gasteiger partial charge in [-0.05, 0) is 0 Å². The summed E-state index contributed by atoms with van der Waals surface area (Å²) in [6.07, 6.45) is 4.76. The van der Waals surface area contributed by atoms with E-state index in [1.54, 1.807) is 12.4 Å². The van der Waals surface area contributed by atoms with E-state index in [1.807, 2.05) is 0 Å². The topological polar surface area (TPSA) is 30.8 Å². The lowest BCUT2D eigenvalue weighted by Gasteiger charge is -2.00. The van der Waals surface area contributed by atoms with Crippen molar-refractivity contribution in [3.63, 3.8) is 0 Å². The Hall–Kier alpha value is -0.540. The molecular formula is C5H8ClNO2. The highest BCUT2D eigenvalue weighted by Gasteiger charge is 1.82. The number of nitrogens with zero attached hydrogens (tertiary/aromatic N) is 1. The molecule has 1 aliphatic heterocycles. The summed E-state index contributed by atoms with van der Waals surface area (Å²) in [6.45, 7) is 0.854. The van der Waals surface area contributed by atoms with Crippen molar-refractivity contribution < 1.29 is 9.47 Å². The smallest absolute Gasteiger partial charge is 0.188 e. The third-order valence-corrected chi connectivity index (χ3v) is 0.692. The minimum absolute atomic E-state index is 0. The fraction of sp³-hybridized carbons (Fsp3) is 0.400. The van der Waals surface area contributed by atoms with Crippen molar-refractivity contribution >= 4 is 18.6 Å².